The van der Waals surface area contributed by atoms with Crippen molar-refractivity contribution in [3.63, 3.8) is 0 Å². The maximum Gasteiger partial charge on any atom is 0.153 e. The Morgan fingerprint density at radius 3 is 1.71 bits per heavy atom. The first kappa shape index (κ1) is 30.7. The monoisotopic (exact) mass is 474 g/mol. The van der Waals surface area contributed by atoms with E-state index in [1.165, 1.54) is 94.0 Å². The lowest BCUT2D eigenvalue weighted by atomic mass is 9.80. The van der Waals surface area contributed by atoms with Gasteiger partial charge >= 0.3 is 0 Å². The maximum absolute atomic E-state index is 11.8. The highest BCUT2D eigenvalue weighted by atomic mass is 16.3. The standard InChI is InChI=1S/C31H55NO2/c1-8-12-17-26(27-23-28(25-33)30(34)29(24-27)31(5,6)7)18-16-22-32(19-13-9-2,20-14-10-3)21-15-11-4/h23-26H,8-22H2,1-7H3/p+1. The molecule has 0 heterocycles. The summed E-state index contributed by atoms with van der Waals surface area (Å²) in [4.78, 5) is 11.8. The van der Waals surface area contributed by atoms with Crippen molar-refractivity contribution < 1.29 is 14.4 Å². The van der Waals surface area contributed by atoms with Crippen LogP contribution >= 0.6 is 0 Å². The summed E-state index contributed by atoms with van der Waals surface area (Å²) < 4.78 is 1.29. The number of carbonyl (C=O) groups is 1. The van der Waals surface area contributed by atoms with Gasteiger partial charge in [-0.05, 0) is 61.5 Å². The lowest BCUT2D eigenvalue weighted by Crippen LogP contribution is -2.50. The molecule has 1 rings (SSSR count). The first-order chi connectivity index (χ1) is 16.2. The van der Waals surface area contributed by atoms with E-state index in [4.69, 9.17) is 0 Å². The largest absolute Gasteiger partial charge is 0.507 e. The van der Waals surface area contributed by atoms with Crippen LogP contribution in [0.15, 0.2) is 12.1 Å². The molecule has 0 aliphatic carbocycles. The average Bonchev–Trinajstić information content (AvgIpc) is 2.81. The van der Waals surface area contributed by atoms with E-state index in [1.54, 1.807) is 0 Å². The Hall–Kier alpha value is -1.35. The molecular weight excluding hydrogens is 418 g/mol. The molecule has 0 aromatic heterocycles. The minimum absolute atomic E-state index is 0.162. The predicted octanol–water partition coefficient (Wildman–Crippen LogP) is 8.77. The molecule has 0 spiro atoms. The molecule has 0 saturated carbocycles. The Kier molecular flexibility index (Phi) is 14.1. The fraction of sp³-hybridized carbons (Fsp3) is 0.774. The van der Waals surface area contributed by atoms with Crippen LogP contribution in [0.5, 0.6) is 5.75 Å². The lowest BCUT2D eigenvalue weighted by molar-refractivity contribution is -0.929. The molecule has 1 atom stereocenters. The molecule has 34 heavy (non-hydrogen) atoms. The summed E-state index contributed by atoms with van der Waals surface area (Å²) in [5.74, 6) is 0.612. The Morgan fingerprint density at radius 2 is 1.26 bits per heavy atom. The van der Waals surface area contributed by atoms with E-state index < -0.39 is 0 Å². The summed E-state index contributed by atoms with van der Waals surface area (Å²) >= 11 is 0. The van der Waals surface area contributed by atoms with Crippen LogP contribution in [0.2, 0.25) is 0 Å². The summed E-state index contributed by atoms with van der Waals surface area (Å²) in [6.07, 6.45) is 14.5. The number of rotatable bonds is 18. The summed E-state index contributed by atoms with van der Waals surface area (Å²) in [6.45, 7) is 20.8. The number of hydrogen-bond donors (Lipinski definition) is 1. The summed E-state index contributed by atoms with van der Waals surface area (Å²) in [6, 6.07) is 4.15. The molecule has 196 valence electrons. The molecule has 1 unspecified atom stereocenters. The van der Waals surface area contributed by atoms with Crippen LogP contribution in [0, 0.1) is 0 Å². The number of unbranched alkanes of at least 4 members (excludes halogenated alkanes) is 4. The molecule has 0 radical (unpaired) electrons. The molecule has 0 fully saturated rings. The number of phenols is 1. The summed E-state index contributed by atoms with van der Waals surface area (Å²) in [7, 11) is 0. The van der Waals surface area contributed by atoms with E-state index in [9.17, 15) is 9.90 Å². The van der Waals surface area contributed by atoms with Crippen LogP contribution in [0.3, 0.4) is 0 Å². The van der Waals surface area contributed by atoms with Gasteiger partial charge < -0.3 is 9.59 Å². The smallest absolute Gasteiger partial charge is 0.153 e. The quantitative estimate of drug-likeness (QED) is 0.170. The normalized spacial score (nSPS) is 13.3. The van der Waals surface area contributed by atoms with Crippen LogP contribution in [0.4, 0.5) is 0 Å². The Balaban J connectivity index is 3.16. The van der Waals surface area contributed by atoms with E-state index in [0.717, 1.165) is 24.7 Å². The Morgan fingerprint density at radius 1 is 0.794 bits per heavy atom. The summed E-state index contributed by atoms with van der Waals surface area (Å²) in [5, 5.41) is 10.7. The van der Waals surface area contributed by atoms with Crippen LogP contribution < -0.4 is 0 Å². The molecular formula is C31H56NO2+. The minimum Gasteiger partial charge on any atom is -0.507 e. The van der Waals surface area contributed by atoms with Crippen LogP contribution in [-0.2, 0) is 5.41 Å². The van der Waals surface area contributed by atoms with Crippen LogP contribution in [0.25, 0.3) is 0 Å². The van der Waals surface area contributed by atoms with Crippen molar-refractivity contribution in [2.75, 3.05) is 26.2 Å². The van der Waals surface area contributed by atoms with E-state index in [0.29, 0.717) is 11.5 Å². The molecule has 1 aromatic rings. The zero-order valence-corrected chi connectivity index (χ0v) is 23.7. The molecule has 1 N–H and O–H groups in total. The Bertz CT molecular complexity index is 682. The summed E-state index contributed by atoms with van der Waals surface area (Å²) in [5.41, 5.74) is 2.39. The molecule has 3 nitrogen and oxygen atoms in total. The van der Waals surface area contributed by atoms with Gasteiger partial charge in [0.05, 0.1) is 31.7 Å². The second-order valence-corrected chi connectivity index (χ2v) is 11.7. The Labute approximate surface area is 211 Å². The second-order valence-electron chi connectivity index (χ2n) is 11.7. The molecule has 0 saturated heterocycles. The molecule has 0 aliphatic heterocycles. The highest BCUT2D eigenvalue weighted by Gasteiger charge is 2.27. The van der Waals surface area contributed by atoms with E-state index in [2.05, 4.69) is 54.5 Å². The number of phenolic OH excluding ortho intramolecular Hbond substituents is 1. The van der Waals surface area contributed by atoms with E-state index >= 15 is 0 Å². The first-order valence-corrected chi connectivity index (χ1v) is 14.4. The zero-order chi connectivity index (χ0) is 25.6. The van der Waals surface area contributed by atoms with E-state index in [1.807, 2.05) is 6.07 Å². The van der Waals surface area contributed by atoms with Crippen molar-refractivity contribution in [3.05, 3.63) is 28.8 Å². The van der Waals surface area contributed by atoms with E-state index in [-0.39, 0.29) is 11.2 Å². The van der Waals surface area contributed by atoms with Gasteiger partial charge in [0.15, 0.2) is 6.29 Å². The van der Waals surface area contributed by atoms with Gasteiger partial charge in [0.25, 0.3) is 0 Å². The number of aromatic hydroxyl groups is 1. The number of hydrogen-bond acceptors (Lipinski definition) is 2. The van der Waals surface area contributed by atoms with Gasteiger partial charge in [0, 0.05) is 5.56 Å². The first-order valence-electron chi connectivity index (χ1n) is 14.4. The van der Waals surface area contributed by atoms with Crippen molar-refractivity contribution >= 4 is 6.29 Å². The third-order valence-corrected chi connectivity index (χ3v) is 7.62. The van der Waals surface area contributed by atoms with Gasteiger partial charge in [-0.25, -0.2) is 0 Å². The molecule has 0 amide bonds. The fourth-order valence-electron chi connectivity index (χ4n) is 5.33. The van der Waals surface area contributed by atoms with Crippen LogP contribution in [0.1, 0.15) is 146 Å². The highest BCUT2D eigenvalue weighted by molar-refractivity contribution is 5.81. The van der Waals surface area contributed by atoms with Crippen molar-refractivity contribution in [1.82, 2.24) is 0 Å². The van der Waals surface area contributed by atoms with Crippen molar-refractivity contribution in [2.24, 2.45) is 0 Å². The molecule has 0 aliphatic rings. The number of quaternary nitrogens is 1. The molecule has 3 heteroatoms. The van der Waals surface area contributed by atoms with Crippen molar-refractivity contribution in [1.29, 1.82) is 0 Å². The number of nitrogens with zero attached hydrogens (tertiary/aromatic N) is 1. The van der Waals surface area contributed by atoms with Gasteiger partial charge in [-0.3, -0.25) is 4.79 Å². The van der Waals surface area contributed by atoms with Crippen molar-refractivity contribution in [3.8, 4) is 5.75 Å². The minimum atomic E-state index is -0.195. The SMILES string of the molecule is CCCCC(CCC[N+](CCCC)(CCCC)CCCC)c1cc(C=O)c(O)c(C(C)(C)C)c1. The molecule has 0 bridgehead atoms. The van der Waals surface area contributed by atoms with Gasteiger partial charge in [-0.1, -0.05) is 86.6 Å². The highest BCUT2D eigenvalue weighted by Crippen LogP contribution is 2.38. The third-order valence-electron chi connectivity index (χ3n) is 7.62. The second kappa shape index (κ2) is 15.6. The number of aldehydes is 1. The number of benzene rings is 1. The third kappa shape index (κ3) is 9.72. The predicted molar refractivity (Wildman–Crippen MR) is 148 cm³/mol. The fourth-order valence-corrected chi connectivity index (χ4v) is 5.33. The van der Waals surface area contributed by atoms with Gasteiger partial charge in [-0.15, -0.1) is 0 Å². The number of carbonyl (C=O) groups excluding carboxylic acids is 1. The van der Waals surface area contributed by atoms with Gasteiger partial charge in [0.1, 0.15) is 5.75 Å². The van der Waals surface area contributed by atoms with Gasteiger partial charge in [0.2, 0.25) is 0 Å². The lowest BCUT2D eigenvalue weighted by Gasteiger charge is -2.40. The average molecular weight is 475 g/mol. The van der Waals surface area contributed by atoms with Crippen molar-refractivity contribution in [2.45, 2.75) is 130 Å². The van der Waals surface area contributed by atoms with Crippen LogP contribution in [-0.4, -0.2) is 42.1 Å². The van der Waals surface area contributed by atoms with Gasteiger partial charge in [-0.2, -0.15) is 0 Å². The zero-order valence-electron chi connectivity index (χ0n) is 23.7. The maximum atomic E-state index is 11.8. The molecule has 1 aromatic carbocycles. The topological polar surface area (TPSA) is 37.3 Å².